The highest BCUT2D eigenvalue weighted by Crippen LogP contribution is 2.36. The molecule has 0 aromatic heterocycles. The van der Waals surface area contributed by atoms with Gasteiger partial charge >= 0.3 is 0 Å². The third-order valence-electron chi connectivity index (χ3n) is 6.65. The minimum Gasteiger partial charge on any atom is -0.402 e. The lowest BCUT2D eigenvalue weighted by atomic mass is 9.99. The summed E-state index contributed by atoms with van der Waals surface area (Å²) in [7, 11) is 0. The van der Waals surface area contributed by atoms with Crippen molar-refractivity contribution < 1.29 is 4.79 Å². The second-order valence-corrected chi connectivity index (χ2v) is 10.3. The van der Waals surface area contributed by atoms with Crippen LogP contribution in [-0.2, 0) is 11.3 Å². The number of rotatable bonds is 6. The van der Waals surface area contributed by atoms with E-state index in [1.54, 1.807) is 6.92 Å². The Labute approximate surface area is 229 Å². The first-order valence-corrected chi connectivity index (χ1v) is 13.1. The van der Waals surface area contributed by atoms with E-state index in [1.807, 2.05) is 85.5 Å². The Morgan fingerprint density at radius 2 is 1.70 bits per heavy atom. The summed E-state index contributed by atoms with van der Waals surface area (Å²) in [5.41, 5.74) is 12.0. The van der Waals surface area contributed by atoms with Gasteiger partial charge in [-0.25, -0.2) is 0 Å². The predicted molar refractivity (Wildman–Crippen MR) is 154 cm³/mol. The van der Waals surface area contributed by atoms with Crippen LogP contribution in [0.5, 0.6) is 0 Å². The third kappa shape index (κ3) is 6.35. The Morgan fingerprint density at radius 3 is 2.35 bits per heavy atom. The number of carbonyl (C=O) groups excluding carboxylic acids is 1. The number of hydrogen-bond donors (Lipinski definition) is 1. The van der Waals surface area contributed by atoms with E-state index < -0.39 is 0 Å². The number of hydrogen-bond acceptors (Lipinski definition) is 4. The molecule has 1 amide bonds. The molecule has 1 fully saturated rings. The third-order valence-corrected chi connectivity index (χ3v) is 7.20. The van der Waals surface area contributed by atoms with E-state index in [1.165, 1.54) is 0 Å². The van der Waals surface area contributed by atoms with Crippen molar-refractivity contribution in [3.8, 4) is 0 Å². The van der Waals surface area contributed by atoms with Gasteiger partial charge in [-0.1, -0.05) is 71.7 Å². The quantitative estimate of drug-likeness (QED) is 0.286. The fourth-order valence-electron chi connectivity index (χ4n) is 4.71. The van der Waals surface area contributed by atoms with Gasteiger partial charge < -0.3 is 15.5 Å². The second kappa shape index (κ2) is 11.8. The average Bonchev–Trinajstić information content (AvgIpc) is 2.88. The highest BCUT2D eigenvalue weighted by molar-refractivity contribution is 6.33. The zero-order valence-corrected chi connectivity index (χ0v) is 22.9. The van der Waals surface area contributed by atoms with Gasteiger partial charge in [0.25, 0.3) is 5.91 Å². The monoisotopic (exact) mass is 534 g/mol. The van der Waals surface area contributed by atoms with E-state index in [4.69, 9.17) is 28.9 Å². The first-order chi connectivity index (χ1) is 17.7. The van der Waals surface area contributed by atoms with Crippen molar-refractivity contribution in [3.63, 3.8) is 0 Å². The Kier molecular flexibility index (Phi) is 8.57. The zero-order chi connectivity index (χ0) is 26.5. The van der Waals surface area contributed by atoms with Crippen molar-refractivity contribution in [2.24, 2.45) is 10.7 Å². The molecule has 3 aromatic rings. The standard InChI is InChI=1S/C30H32Cl2N4O/c1-20-9-14-27(26(32)17-20)36-16-15-35(19-28(36)24-10-12-25(31)13-11-24)30(37)29(21(2)33)22(3)34-18-23-7-5-4-6-8-23/h4-14,17,28H,15-16,18-19,33H2,1-3H3. The van der Waals surface area contributed by atoms with Gasteiger partial charge in [0.05, 0.1) is 28.9 Å². The average molecular weight is 536 g/mol. The summed E-state index contributed by atoms with van der Waals surface area (Å²) in [6.07, 6.45) is 0. The zero-order valence-electron chi connectivity index (χ0n) is 21.4. The van der Waals surface area contributed by atoms with Crippen molar-refractivity contribution in [1.29, 1.82) is 0 Å². The predicted octanol–water partition coefficient (Wildman–Crippen LogP) is 6.59. The highest BCUT2D eigenvalue weighted by Gasteiger charge is 2.33. The van der Waals surface area contributed by atoms with Crippen LogP contribution in [0.1, 0.15) is 36.6 Å². The van der Waals surface area contributed by atoms with Crippen LogP contribution in [0, 0.1) is 6.92 Å². The molecule has 1 atom stereocenters. The van der Waals surface area contributed by atoms with Gasteiger partial charge in [-0.15, -0.1) is 0 Å². The van der Waals surface area contributed by atoms with E-state index in [2.05, 4.69) is 16.0 Å². The fourth-order valence-corrected chi connectivity index (χ4v) is 5.18. The van der Waals surface area contributed by atoms with Crippen molar-refractivity contribution in [2.45, 2.75) is 33.4 Å². The number of allylic oxidation sites excluding steroid dienone is 1. The molecule has 1 aliphatic heterocycles. The molecule has 37 heavy (non-hydrogen) atoms. The number of piperazine rings is 1. The minimum absolute atomic E-state index is 0.101. The number of anilines is 1. The Morgan fingerprint density at radius 1 is 1.00 bits per heavy atom. The Bertz CT molecular complexity index is 1320. The van der Waals surface area contributed by atoms with Crippen molar-refractivity contribution in [1.82, 2.24) is 4.90 Å². The van der Waals surface area contributed by atoms with Crippen LogP contribution in [0.3, 0.4) is 0 Å². The van der Waals surface area contributed by atoms with Crippen molar-refractivity contribution in [3.05, 3.63) is 111 Å². The Balaban J connectivity index is 1.62. The van der Waals surface area contributed by atoms with Crippen LogP contribution in [0.2, 0.25) is 10.0 Å². The van der Waals surface area contributed by atoms with Crippen LogP contribution in [0.4, 0.5) is 5.69 Å². The Hall–Kier alpha value is -3.28. The molecule has 2 N–H and O–H groups in total. The van der Waals surface area contributed by atoms with E-state index in [9.17, 15) is 4.79 Å². The summed E-state index contributed by atoms with van der Waals surface area (Å²) in [5, 5.41) is 1.36. The molecular formula is C30H32Cl2N4O. The molecule has 0 bridgehead atoms. The lowest BCUT2D eigenvalue weighted by Gasteiger charge is -2.43. The summed E-state index contributed by atoms with van der Waals surface area (Å²) < 4.78 is 0. The number of amides is 1. The molecule has 1 saturated heterocycles. The molecule has 192 valence electrons. The number of carbonyl (C=O) groups is 1. The molecule has 0 aliphatic carbocycles. The van der Waals surface area contributed by atoms with Gasteiger partial charge in [-0.2, -0.15) is 0 Å². The fraction of sp³-hybridized carbons (Fsp3) is 0.267. The maximum Gasteiger partial charge on any atom is 0.257 e. The molecule has 1 heterocycles. The molecule has 0 saturated carbocycles. The number of nitrogens with two attached hydrogens (primary N) is 1. The number of benzene rings is 3. The van der Waals surface area contributed by atoms with Crippen LogP contribution in [0.25, 0.3) is 0 Å². The maximum absolute atomic E-state index is 13.8. The summed E-state index contributed by atoms with van der Waals surface area (Å²) in [4.78, 5) is 22.6. The first-order valence-electron chi connectivity index (χ1n) is 12.3. The highest BCUT2D eigenvalue weighted by atomic mass is 35.5. The summed E-state index contributed by atoms with van der Waals surface area (Å²) >= 11 is 12.9. The summed E-state index contributed by atoms with van der Waals surface area (Å²) in [6.45, 7) is 7.76. The summed E-state index contributed by atoms with van der Waals surface area (Å²) in [5.74, 6) is -0.108. The number of aryl methyl sites for hydroxylation is 1. The topological polar surface area (TPSA) is 61.9 Å². The van der Waals surface area contributed by atoms with Gasteiger partial charge in [-0.3, -0.25) is 9.79 Å². The van der Waals surface area contributed by atoms with Gasteiger partial charge in [0, 0.05) is 36.1 Å². The number of halogens is 2. The van der Waals surface area contributed by atoms with Gasteiger partial charge in [0.2, 0.25) is 0 Å². The maximum atomic E-state index is 13.8. The largest absolute Gasteiger partial charge is 0.402 e. The van der Waals surface area contributed by atoms with Gasteiger partial charge in [0.1, 0.15) is 0 Å². The molecule has 7 heteroatoms. The smallest absolute Gasteiger partial charge is 0.257 e. The molecule has 4 rings (SSSR count). The van der Waals surface area contributed by atoms with Crippen LogP contribution >= 0.6 is 23.2 Å². The van der Waals surface area contributed by atoms with Crippen molar-refractivity contribution >= 4 is 40.5 Å². The van der Waals surface area contributed by atoms with E-state index >= 15 is 0 Å². The molecule has 3 aromatic carbocycles. The SMILES string of the molecule is CC(=NCc1ccccc1)C(C(=O)N1CCN(c2ccc(C)cc2Cl)C(c2ccc(Cl)cc2)C1)=C(C)N. The minimum atomic E-state index is -0.108. The molecular weight excluding hydrogens is 503 g/mol. The molecule has 0 spiro atoms. The van der Waals surface area contributed by atoms with Gasteiger partial charge in [0.15, 0.2) is 0 Å². The number of nitrogens with zero attached hydrogens (tertiary/aromatic N) is 3. The van der Waals surface area contributed by atoms with E-state index in [0.29, 0.717) is 53.2 Å². The van der Waals surface area contributed by atoms with Crippen molar-refractivity contribution in [2.75, 3.05) is 24.5 Å². The lowest BCUT2D eigenvalue weighted by Crippen LogP contribution is -2.51. The summed E-state index contributed by atoms with van der Waals surface area (Å²) in [6, 6.07) is 23.7. The van der Waals surface area contributed by atoms with E-state index in [-0.39, 0.29) is 11.9 Å². The van der Waals surface area contributed by atoms with Crippen LogP contribution in [-0.4, -0.2) is 36.2 Å². The van der Waals surface area contributed by atoms with Gasteiger partial charge in [-0.05, 0) is 61.7 Å². The molecule has 1 aliphatic rings. The molecule has 0 radical (unpaired) electrons. The first kappa shape index (κ1) is 26.8. The second-order valence-electron chi connectivity index (χ2n) is 9.41. The van der Waals surface area contributed by atoms with Crippen LogP contribution in [0.15, 0.2) is 89.1 Å². The normalized spacial score (nSPS) is 17.0. The number of aliphatic imine (C=N–C) groups is 1. The molecule has 5 nitrogen and oxygen atoms in total. The lowest BCUT2D eigenvalue weighted by molar-refractivity contribution is -0.127. The van der Waals surface area contributed by atoms with Crippen LogP contribution < -0.4 is 10.6 Å². The molecule has 1 unspecified atom stereocenters. The van der Waals surface area contributed by atoms with E-state index in [0.717, 1.165) is 22.4 Å².